The van der Waals surface area contributed by atoms with Gasteiger partial charge in [0.2, 0.25) is 0 Å². The number of aromatic hydroxyl groups is 2. The van der Waals surface area contributed by atoms with Crippen LogP contribution in [0.5, 0.6) is 11.5 Å². The molecule has 0 spiro atoms. The van der Waals surface area contributed by atoms with Gasteiger partial charge in [0.05, 0.1) is 48.1 Å². The van der Waals surface area contributed by atoms with Gasteiger partial charge in [-0.2, -0.15) is 10.2 Å². The minimum Gasteiger partial charge on any atom is -0.744 e. The van der Waals surface area contributed by atoms with E-state index in [1.807, 2.05) is 0 Å². The maximum absolute atomic E-state index is 12.0. The first-order valence-corrected chi connectivity index (χ1v) is 22.8. The Hall–Kier alpha value is -5.67. The zero-order valence-corrected chi connectivity index (χ0v) is 45.1. The summed E-state index contributed by atoms with van der Waals surface area (Å²) in [6.07, 6.45) is 0. The summed E-state index contributed by atoms with van der Waals surface area (Å²) >= 11 is 0. The second-order valence-electron chi connectivity index (χ2n) is 13.8. The molecule has 0 unspecified atom stereocenters. The van der Waals surface area contributed by atoms with Crippen molar-refractivity contribution in [2.75, 3.05) is 10.6 Å². The summed E-state index contributed by atoms with van der Waals surface area (Å²) in [4.78, 5) is 18.0. The molecule has 7 aromatic carbocycles. The zero-order chi connectivity index (χ0) is 49.1. The number of nitrogens with zero attached hydrogens (tertiary/aromatic N) is 8. The number of phenolic OH excluding ortho intramolecular Hbond substituents is 2. The van der Waals surface area contributed by atoms with E-state index in [2.05, 4.69) is 41.3 Å². The number of phenols is 2. The molecule has 0 aromatic heterocycles. The number of hydrogen-bond acceptors (Lipinski definition) is 23. The van der Waals surface area contributed by atoms with Crippen molar-refractivity contribution in [3.05, 3.63) is 148 Å². The third-order valence-corrected chi connectivity index (χ3v) is 11.9. The van der Waals surface area contributed by atoms with E-state index in [-0.39, 0.29) is 145 Å². The van der Waals surface area contributed by atoms with E-state index in [1.165, 1.54) is 78.9 Å². The molecule has 71 heavy (non-hydrogen) atoms. The van der Waals surface area contributed by atoms with Crippen molar-refractivity contribution in [1.82, 2.24) is 0 Å². The van der Waals surface area contributed by atoms with Crippen LogP contribution < -0.4 is 99.3 Å². The summed E-state index contributed by atoms with van der Waals surface area (Å²) in [6, 6.07) is 25.7. The molecular formula is C40H25N10Na3O15S3. The third kappa shape index (κ3) is 14.3. The molecule has 0 saturated carbocycles. The minimum atomic E-state index is -5.17. The van der Waals surface area contributed by atoms with Gasteiger partial charge in [-0.25, -0.2) is 25.3 Å². The Kier molecular flexibility index (Phi) is 19.3. The number of rotatable bonds is 15. The summed E-state index contributed by atoms with van der Waals surface area (Å²) in [6.45, 7) is 0. The number of nitro groups is 2. The molecule has 0 bridgehead atoms. The summed E-state index contributed by atoms with van der Waals surface area (Å²) in [5.41, 5.74) is -1.09. The topological polar surface area (TPSA) is 397 Å². The molecular weight excluding hydrogens is 1030 g/mol. The molecule has 0 saturated heterocycles. The summed E-state index contributed by atoms with van der Waals surface area (Å²) in [5, 5.41) is 74.2. The molecule has 0 heterocycles. The standard InChI is InChI=1S/C40H28N10O15S3.3Na/c51-36-18-16-34(47-44-25-5-1-22(2-6-25)41-26-9-17-35(50(55)56)38(19-26)68(63,64)65)40(52)39(36)48-46-31-14-15-32(30-21-28(66(57,58)59)11-12-29(30)31)45-43-24-7-3-23(4-8-24)42-33-13-10-27(49(53)54)20-37(33)67(60,61)62;;;/h1-21,41-42,51-52H,(H,57,58,59)(H,60,61,62)(H,63,64,65);;;/q;3*+1/p-3. The van der Waals surface area contributed by atoms with Crippen LogP contribution in [0.2, 0.25) is 0 Å². The molecule has 7 rings (SSSR count). The van der Waals surface area contributed by atoms with Crippen LogP contribution in [-0.4, -0.2) is 59.0 Å². The van der Waals surface area contributed by atoms with Crippen molar-refractivity contribution in [2.24, 2.45) is 30.7 Å². The number of benzene rings is 7. The average molecular weight is 1050 g/mol. The van der Waals surface area contributed by atoms with E-state index in [9.17, 15) is 69.4 Å². The van der Waals surface area contributed by atoms with Crippen LogP contribution >= 0.6 is 0 Å². The first-order chi connectivity index (χ1) is 32.0. The largest absolute Gasteiger partial charge is 1.00 e. The smallest absolute Gasteiger partial charge is 0.744 e. The van der Waals surface area contributed by atoms with Crippen LogP contribution in [0.1, 0.15) is 0 Å². The molecule has 4 N–H and O–H groups in total. The van der Waals surface area contributed by atoms with Gasteiger partial charge >= 0.3 is 88.7 Å². The van der Waals surface area contributed by atoms with E-state index < -0.39 is 83.4 Å². The van der Waals surface area contributed by atoms with Gasteiger partial charge in [0, 0.05) is 46.0 Å². The molecule has 0 amide bonds. The van der Waals surface area contributed by atoms with Gasteiger partial charge in [0.25, 0.3) is 11.4 Å². The van der Waals surface area contributed by atoms with Crippen molar-refractivity contribution < 1.29 is 148 Å². The van der Waals surface area contributed by atoms with Crippen LogP contribution in [0, 0.1) is 20.2 Å². The summed E-state index contributed by atoms with van der Waals surface area (Å²) in [7, 11) is -15.3. The Morgan fingerprint density at radius 2 is 0.986 bits per heavy atom. The van der Waals surface area contributed by atoms with Crippen LogP contribution in [0.3, 0.4) is 0 Å². The Morgan fingerprint density at radius 3 is 1.54 bits per heavy atom. The molecule has 7 aromatic rings. The number of azo groups is 3. The molecule has 31 heteroatoms. The number of hydrogen-bond donors (Lipinski definition) is 4. The number of fused-ring (bicyclic) bond motifs is 1. The van der Waals surface area contributed by atoms with Gasteiger partial charge in [-0.15, -0.1) is 20.5 Å². The number of anilines is 4. The normalized spacial score (nSPS) is 11.8. The number of nitrogens with one attached hydrogen (secondary N) is 2. The minimum absolute atomic E-state index is 0. The second kappa shape index (κ2) is 23.7. The molecule has 25 nitrogen and oxygen atoms in total. The quantitative estimate of drug-likeness (QED) is 0.0358. The predicted molar refractivity (Wildman–Crippen MR) is 236 cm³/mol. The first kappa shape index (κ1) is 57.9. The molecule has 0 atom stereocenters. The molecule has 0 aliphatic heterocycles. The second-order valence-corrected chi connectivity index (χ2v) is 17.9. The van der Waals surface area contributed by atoms with Crippen LogP contribution in [0.4, 0.5) is 68.2 Å². The Balaban J connectivity index is 0.00000365. The molecule has 0 radical (unpaired) electrons. The molecule has 0 aliphatic rings. The monoisotopic (exact) mass is 1050 g/mol. The number of nitro benzene ring substituents is 2. The first-order valence-electron chi connectivity index (χ1n) is 18.6. The van der Waals surface area contributed by atoms with E-state index >= 15 is 0 Å². The fraction of sp³-hybridized carbons (Fsp3) is 0. The van der Waals surface area contributed by atoms with Crippen LogP contribution in [0.15, 0.2) is 173 Å². The Labute approximate surface area is 467 Å². The average Bonchev–Trinajstić information content (AvgIpc) is 3.28. The van der Waals surface area contributed by atoms with Gasteiger partial charge < -0.3 is 34.5 Å². The van der Waals surface area contributed by atoms with Crippen molar-refractivity contribution >= 4 is 109 Å². The van der Waals surface area contributed by atoms with Gasteiger partial charge in [-0.05, 0) is 103 Å². The maximum Gasteiger partial charge on any atom is 1.00 e. The van der Waals surface area contributed by atoms with E-state index in [4.69, 9.17) is 0 Å². The zero-order valence-electron chi connectivity index (χ0n) is 36.6. The summed E-state index contributed by atoms with van der Waals surface area (Å²) < 4.78 is 106. The number of non-ortho nitro benzene ring substituents is 1. The molecule has 346 valence electrons. The summed E-state index contributed by atoms with van der Waals surface area (Å²) in [5.74, 6) is -1.18. The van der Waals surface area contributed by atoms with Gasteiger partial charge in [0.15, 0.2) is 11.4 Å². The Morgan fingerprint density at radius 1 is 0.465 bits per heavy atom. The van der Waals surface area contributed by atoms with Crippen LogP contribution in [0.25, 0.3) is 10.8 Å². The van der Waals surface area contributed by atoms with Crippen molar-refractivity contribution in [2.45, 2.75) is 14.7 Å². The van der Waals surface area contributed by atoms with Crippen molar-refractivity contribution in [3.63, 3.8) is 0 Å². The van der Waals surface area contributed by atoms with E-state index in [0.717, 1.165) is 42.5 Å². The maximum atomic E-state index is 12.0. The predicted octanol–water partition coefficient (Wildman–Crippen LogP) is 0.525. The van der Waals surface area contributed by atoms with Crippen LogP contribution in [-0.2, 0) is 30.4 Å². The van der Waals surface area contributed by atoms with Gasteiger partial charge in [0.1, 0.15) is 46.7 Å². The van der Waals surface area contributed by atoms with Crippen molar-refractivity contribution in [3.8, 4) is 11.5 Å². The van der Waals surface area contributed by atoms with Gasteiger partial charge in [-0.3, -0.25) is 20.2 Å². The van der Waals surface area contributed by atoms with E-state index in [1.54, 1.807) is 0 Å². The fourth-order valence-electron chi connectivity index (χ4n) is 6.11. The Bertz CT molecular complexity index is 3650. The third-order valence-electron chi connectivity index (χ3n) is 9.32. The van der Waals surface area contributed by atoms with E-state index in [0.29, 0.717) is 11.8 Å². The molecule has 0 aliphatic carbocycles. The van der Waals surface area contributed by atoms with Gasteiger partial charge in [-0.1, -0.05) is 6.07 Å². The molecule has 0 fully saturated rings. The fourth-order valence-corrected chi connectivity index (χ4v) is 7.93. The van der Waals surface area contributed by atoms with Crippen molar-refractivity contribution in [1.29, 1.82) is 0 Å². The SMILES string of the molecule is O=[N+]([O-])c1ccc(Nc2ccc(N=Nc3ccc(N=Nc4c(O)ccc(N=Nc5ccc(Nc6ccc([N+](=O)[O-])c(S(=O)(=O)[O-])c6)cc5)c4O)c4ccc(S(=O)(=O)[O-])cc34)cc2)c(S(=O)(=O)[O-])c1.[Na+].[Na+].[Na+].